The second kappa shape index (κ2) is 17.8. The number of aromatic nitrogens is 5. The molecule has 0 amide bonds. The molecule has 0 saturated heterocycles. The zero-order valence-corrected chi connectivity index (χ0v) is 46.9. The van der Waals surface area contributed by atoms with E-state index in [1.807, 2.05) is 24.3 Å². The molecule has 0 radical (unpaired) electrons. The van der Waals surface area contributed by atoms with E-state index in [0.29, 0.717) is 5.82 Å². The standard InChI is InChI=1S/C80H45N5O3/c1-7-19-64-53(13-1)56-38-42-70-73(59-16-4-10-22-67(59)86-70)77(56)83(64)50-32-25-46(26-33-50)49-31-41-63-62(45-49)76(47-27-34-51(35-28-47)84-65-20-8-2-14-54(65)57-39-43-71-74(78(57)84)60-17-5-11-23-68(60)87-71)82-80(81-63)48-29-36-52(37-30-48)85-66-21-9-3-15-55(66)58-40-44-72-75(79(58)85)61-18-6-12-24-69(61)88-72/h1-45H. The van der Waals surface area contributed by atoms with Gasteiger partial charge in [0.1, 0.15) is 33.5 Å². The molecule has 0 aliphatic carbocycles. The minimum Gasteiger partial charge on any atom is -0.456 e. The molecule has 0 fully saturated rings. The van der Waals surface area contributed by atoms with Crippen LogP contribution >= 0.6 is 0 Å². The molecule has 8 heteroatoms. The second-order valence-electron chi connectivity index (χ2n) is 23.1. The number of benzene rings is 13. The van der Waals surface area contributed by atoms with E-state index in [0.717, 1.165) is 155 Å². The van der Waals surface area contributed by atoms with E-state index in [9.17, 15) is 0 Å². The van der Waals surface area contributed by atoms with Gasteiger partial charge in [-0.05, 0) is 145 Å². The van der Waals surface area contributed by atoms with Gasteiger partial charge in [-0.2, -0.15) is 0 Å². The van der Waals surface area contributed by atoms with Gasteiger partial charge in [0, 0.05) is 82.1 Å². The van der Waals surface area contributed by atoms with Crippen molar-refractivity contribution in [2.75, 3.05) is 0 Å². The molecule has 408 valence electrons. The number of hydrogen-bond donors (Lipinski definition) is 0. The molecule has 0 spiro atoms. The van der Waals surface area contributed by atoms with Crippen molar-refractivity contribution in [3.05, 3.63) is 273 Å². The molecule has 20 aromatic rings. The van der Waals surface area contributed by atoms with Gasteiger partial charge in [0.05, 0.1) is 60.5 Å². The highest BCUT2D eigenvalue weighted by atomic mass is 16.3. The average Bonchev–Trinajstić information content (AvgIpc) is 1.69. The van der Waals surface area contributed by atoms with E-state index in [2.05, 4.69) is 262 Å². The van der Waals surface area contributed by atoms with Gasteiger partial charge < -0.3 is 27.0 Å². The molecule has 13 aromatic carbocycles. The maximum atomic E-state index is 6.48. The summed E-state index contributed by atoms with van der Waals surface area (Å²) in [6, 6.07) is 97.1. The van der Waals surface area contributed by atoms with E-state index in [1.165, 1.54) is 32.3 Å². The first-order valence-corrected chi connectivity index (χ1v) is 29.8. The van der Waals surface area contributed by atoms with Crippen LogP contribution in [-0.2, 0) is 0 Å². The highest BCUT2D eigenvalue weighted by Crippen LogP contribution is 2.45. The smallest absolute Gasteiger partial charge is 0.160 e. The lowest BCUT2D eigenvalue weighted by molar-refractivity contribution is 0.669. The van der Waals surface area contributed by atoms with Crippen LogP contribution in [0.5, 0.6) is 0 Å². The molecule has 0 N–H and O–H groups in total. The van der Waals surface area contributed by atoms with E-state index in [4.69, 9.17) is 23.2 Å². The third-order valence-electron chi connectivity index (χ3n) is 18.5. The Morgan fingerprint density at radius 2 is 0.591 bits per heavy atom. The first-order valence-electron chi connectivity index (χ1n) is 29.8. The van der Waals surface area contributed by atoms with E-state index in [-0.39, 0.29) is 0 Å². The van der Waals surface area contributed by atoms with Crippen molar-refractivity contribution in [3.8, 4) is 50.8 Å². The molecule has 88 heavy (non-hydrogen) atoms. The summed E-state index contributed by atoms with van der Waals surface area (Å²) in [6.07, 6.45) is 0. The SMILES string of the molecule is c1ccc2c(c1)oc1ccc3c4ccccc4n(-c4ccc(-c5ccc6nc(-c7ccc(-n8c9ccccc9c9ccc%10oc%11ccccc%11c%10c98)cc7)nc(-c7ccc(-n8c9ccccc9c9ccc%10oc%11ccccc%11c%10c98)cc7)c6c5)cc4)c3c12. The monoisotopic (exact) mass is 1120 g/mol. The molecule has 0 aliphatic rings. The van der Waals surface area contributed by atoms with Gasteiger partial charge in [-0.15, -0.1) is 0 Å². The van der Waals surface area contributed by atoms with Crippen molar-refractivity contribution >= 4 is 142 Å². The van der Waals surface area contributed by atoms with Crippen LogP contribution in [-0.4, -0.2) is 23.7 Å². The maximum Gasteiger partial charge on any atom is 0.160 e. The van der Waals surface area contributed by atoms with Crippen molar-refractivity contribution < 1.29 is 13.3 Å². The number of rotatable bonds is 6. The zero-order valence-electron chi connectivity index (χ0n) is 46.9. The maximum absolute atomic E-state index is 6.48. The largest absolute Gasteiger partial charge is 0.456 e. The van der Waals surface area contributed by atoms with Crippen LogP contribution in [0.2, 0.25) is 0 Å². The van der Waals surface area contributed by atoms with Gasteiger partial charge in [-0.25, -0.2) is 9.97 Å². The average molecular weight is 1120 g/mol. The van der Waals surface area contributed by atoms with E-state index >= 15 is 0 Å². The number of para-hydroxylation sites is 6. The number of hydrogen-bond acceptors (Lipinski definition) is 5. The van der Waals surface area contributed by atoms with Gasteiger partial charge in [-0.1, -0.05) is 140 Å². The molecule has 0 saturated carbocycles. The van der Waals surface area contributed by atoms with Gasteiger partial charge in [0.15, 0.2) is 5.82 Å². The summed E-state index contributed by atoms with van der Waals surface area (Å²) >= 11 is 0. The normalized spacial score (nSPS) is 12.3. The highest BCUT2D eigenvalue weighted by Gasteiger charge is 2.24. The topological polar surface area (TPSA) is 80.0 Å². The van der Waals surface area contributed by atoms with Crippen molar-refractivity contribution in [1.82, 2.24) is 23.7 Å². The molecule has 0 unspecified atom stereocenters. The second-order valence-corrected chi connectivity index (χ2v) is 23.1. The first kappa shape index (κ1) is 47.4. The van der Waals surface area contributed by atoms with Crippen molar-refractivity contribution in [2.45, 2.75) is 0 Å². The van der Waals surface area contributed by atoms with Crippen molar-refractivity contribution in [3.63, 3.8) is 0 Å². The highest BCUT2D eigenvalue weighted by molar-refractivity contribution is 6.27. The summed E-state index contributed by atoms with van der Waals surface area (Å²) in [5.41, 5.74) is 20.9. The van der Waals surface area contributed by atoms with Crippen LogP contribution < -0.4 is 0 Å². The predicted molar refractivity (Wildman–Crippen MR) is 361 cm³/mol. The third-order valence-corrected chi connectivity index (χ3v) is 18.5. The number of fused-ring (bicyclic) bond motifs is 22. The third kappa shape index (κ3) is 6.62. The van der Waals surface area contributed by atoms with Crippen molar-refractivity contribution in [2.24, 2.45) is 0 Å². The van der Waals surface area contributed by atoms with Gasteiger partial charge in [-0.3, -0.25) is 0 Å². The molecule has 20 rings (SSSR count). The quantitative estimate of drug-likeness (QED) is 0.166. The van der Waals surface area contributed by atoms with Crippen LogP contribution in [0.3, 0.4) is 0 Å². The fraction of sp³-hybridized carbons (Fsp3) is 0. The molecule has 7 aromatic heterocycles. The van der Waals surface area contributed by atoms with Crippen LogP contribution in [0.1, 0.15) is 0 Å². The predicted octanol–water partition coefficient (Wildman–Crippen LogP) is 21.6. The van der Waals surface area contributed by atoms with Gasteiger partial charge in [0.25, 0.3) is 0 Å². The van der Waals surface area contributed by atoms with Crippen LogP contribution in [0.15, 0.2) is 286 Å². The summed E-state index contributed by atoms with van der Waals surface area (Å²) in [7, 11) is 0. The molecular formula is C80H45N5O3. The Labute approximate surface area is 500 Å². The zero-order chi connectivity index (χ0) is 57.3. The van der Waals surface area contributed by atoms with Crippen LogP contribution in [0.25, 0.3) is 193 Å². The number of furan rings is 3. The molecule has 0 bridgehead atoms. The number of nitrogens with zero attached hydrogens (tertiary/aromatic N) is 5. The summed E-state index contributed by atoms with van der Waals surface area (Å²) < 4.78 is 26.5. The van der Waals surface area contributed by atoms with Crippen LogP contribution in [0.4, 0.5) is 0 Å². The van der Waals surface area contributed by atoms with E-state index < -0.39 is 0 Å². The summed E-state index contributed by atoms with van der Waals surface area (Å²) in [6.45, 7) is 0. The Bertz CT molecular complexity index is 6350. The lowest BCUT2D eigenvalue weighted by Crippen LogP contribution is -1.98. The Kier molecular flexibility index (Phi) is 9.57. The lowest BCUT2D eigenvalue weighted by atomic mass is 9.99. The summed E-state index contributed by atoms with van der Waals surface area (Å²) in [4.78, 5) is 11.0. The fourth-order valence-electron chi connectivity index (χ4n) is 14.6. The van der Waals surface area contributed by atoms with Crippen molar-refractivity contribution in [1.29, 1.82) is 0 Å². The van der Waals surface area contributed by atoms with E-state index in [1.54, 1.807) is 0 Å². The lowest BCUT2D eigenvalue weighted by Gasteiger charge is -2.14. The molecule has 0 atom stereocenters. The fourth-order valence-corrected chi connectivity index (χ4v) is 14.6. The van der Waals surface area contributed by atoms with Crippen LogP contribution in [0, 0.1) is 0 Å². The Morgan fingerprint density at radius 3 is 1.01 bits per heavy atom. The minimum absolute atomic E-state index is 0.642. The molecule has 8 nitrogen and oxygen atoms in total. The molecule has 0 aliphatic heterocycles. The Hall–Kier alpha value is -12.0. The summed E-state index contributed by atoms with van der Waals surface area (Å²) in [5.74, 6) is 0.642. The minimum atomic E-state index is 0.642. The molecule has 7 heterocycles. The van der Waals surface area contributed by atoms with Gasteiger partial charge in [0.2, 0.25) is 0 Å². The molecular weight excluding hydrogens is 1080 g/mol. The Balaban J connectivity index is 0.750. The first-order chi connectivity index (χ1) is 43.6. The van der Waals surface area contributed by atoms with Gasteiger partial charge >= 0.3 is 0 Å². The Morgan fingerprint density at radius 1 is 0.239 bits per heavy atom. The summed E-state index contributed by atoms with van der Waals surface area (Å²) in [5, 5.41) is 14.7.